The summed E-state index contributed by atoms with van der Waals surface area (Å²) in [7, 11) is 0. The zero-order valence-electron chi connectivity index (χ0n) is 20.8. The van der Waals surface area contributed by atoms with Gasteiger partial charge in [-0.25, -0.2) is 9.98 Å². The molecule has 2 aliphatic heterocycles. The smallest absolute Gasteiger partial charge is 0.283 e. The van der Waals surface area contributed by atoms with Crippen LogP contribution in [0.1, 0.15) is 39.9 Å². The summed E-state index contributed by atoms with van der Waals surface area (Å²) in [5.41, 5.74) is 3.87. The van der Waals surface area contributed by atoms with E-state index in [-0.39, 0.29) is 17.7 Å². The van der Waals surface area contributed by atoms with Gasteiger partial charge in [0.1, 0.15) is 17.4 Å². The minimum atomic E-state index is -0.105. The molecule has 1 amide bonds. The Morgan fingerprint density at radius 2 is 1.57 bits per heavy atom. The maximum atomic E-state index is 13.7. The van der Waals surface area contributed by atoms with E-state index >= 15 is 0 Å². The predicted octanol–water partition coefficient (Wildman–Crippen LogP) is 4.49. The normalized spacial score (nSPS) is 16.5. The number of rotatable bonds is 7. The van der Waals surface area contributed by atoms with Gasteiger partial charge in [-0.1, -0.05) is 72.8 Å². The second-order valence-electron chi connectivity index (χ2n) is 9.55. The standard InChI is InChI=1S/C30H29N5O2/c1-2-33-29(37)27-28(35-20-24(31-30(33)35)17-21-9-5-3-6-10-21)34(19-23-13-15-25(36)16-14-23)26(32-27)18-22-11-7-4-8-12-22/h3-16,24,36H,2,17-20H2,1H3/t24-/m1/s1. The van der Waals surface area contributed by atoms with Gasteiger partial charge in [-0.05, 0) is 42.2 Å². The first-order valence-corrected chi connectivity index (χ1v) is 12.7. The number of imidazole rings is 1. The van der Waals surface area contributed by atoms with Gasteiger partial charge in [0.15, 0.2) is 5.69 Å². The van der Waals surface area contributed by atoms with Crippen LogP contribution in [0.5, 0.6) is 5.75 Å². The zero-order valence-corrected chi connectivity index (χ0v) is 20.8. The number of carbonyl (C=O) groups is 1. The van der Waals surface area contributed by atoms with E-state index in [1.807, 2.05) is 55.5 Å². The van der Waals surface area contributed by atoms with Gasteiger partial charge in [-0.15, -0.1) is 0 Å². The SMILES string of the molecule is CCN1C(=O)c2nc(Cc3ccccc3)n(Cc3ccc(O)cc3)c2N2C[C@@H](Cc3ccccc3)N=C12. The molecule has 0 saturated heterocycles. The van der Waals surface area contributed by atoms with Crippen molar-refractivity contribution in [3.8, 4) is 5.75 Å². The van der Waals surface area contributed by atoms with Crippen LogP contribution in [0.15, 0.2) is 89.9 Å². The molecule has 0 aliphatic carbocycles. The number of aromatic hydroxyl groups is 1. The molecule has 1 aromatic heterocycles. The van der Waals surface area contributed by atoms with Crippen LogP contribution in [0.25, 0.3) is 0 Å². The van der Waals surface area contributed by atoms with Crippen molar-refractivity contribution in [3.63, 3.8) is 0 Å². The first-order valence-electron chi connectivity index (χ1n) is 12.7. The number of amides is 1. The average Bonchev–Trinajstić information content (AvgIpc) is 3.48. The third kappa shape index (κ3) is 4.37. The molecular formula is C30H29N5O2. The van der Waals surface area contributed by atoms with Crippen molar-refractivity contribution in [2.75, 3.05) is 18.0 Å². The molecule has 3 heterocycles. The van der Waals surface area contributed by atoms with E-state index < -0.39 is 0 Å². The maximum absolute atomic E-state index is 13.7. The summed E-state index contributed by atoms with van der Waals surface area (Å²) in [4.78, 5) is 27.6. The van der Waals surface area contributed by atoms with Gasteiger partial charge in [0.25, 0.3) is 5.91 Å². The van der Waals surface area contributed by atoms with Crippen LogP contribution in [-0.4, -0.2) is 50.6 Å². The number of phenols is 1. The number of benzene rings is 3. The van der Waals surface area contributed by atoms with Crippen LogP contribution >= 0.6 is 0 Å². The minimum Gasteiger partial charge on any atom is -0.508 e. The number of aliphatic imine (C=N–C) groups is 1. The molecule has 4 aromatic rings. The first-order chi connectivity index (χ1) is 18.1. The fourth-order valence-corrected chi connectivity index (χ4v) is 5.23. The molecule has 7 heteroatoms. The second kappa shape index (κ2) is 9.58. The van der Waals surface area contributed by atoms with Crippen LogP contribution in [0.4, 0.5) is 5.82 Å². The molecular weight excluding hydrogens is 462 g/mol. The Balaban J connectivity index is 1.43. The van der Waals surface area contributed by atoms with Crippen molar-refractivity contribution in [1.82, 2.24) is 14.5 Å². The van der Waals surface area contributed by atoms with Crippen LogP contribution in [0.2, 0.25) is 0 Å². The quantitative estimate of drug-likeness (QED) is 0.413. The third-order valence-electron chi connectivity index (χ3n) is 7.01. The van der Waals surface area contributed by atoms with Gasteiger partial charge in [0.2, 0.25) is 5.96 Å². The van der Waals surface area contributed by atoms with Gasteiger partial charge in [0.05, 0.1) is 19.1 Å². The van der Waals surface area contributed by atoms with E-state index in [0.29, 0.717) is 37.7 Å². The molecule has 6 rings (SSSR count). The summed E-state index contributed by atoms with van der Waals surface area (Å²) in [5.74, 6) is 2.47. The number of guanidine groups is 1. The van der Waals surface area contributed by atoms with Crippen molar-refractivity contribution in [3.05, 3.63) is 113 Å². The highest BCUT2D eigenvalue weighted by molar-refractivity contribution is 6.18. The Hall–Kier alpha value is -4.39. The fourth-order valence-electron chi connectivity index (χ4n) is 5.23. The van der Waals surface area contributed by atoms with Gasteiger partial charge in [-0.2, -0.15) is 0 Å². The monoisotopic (exact) mass is 491 g/mol. The van der Waals surface area contributed by atoms with Crippen molar-refractivity contribution in [1.29, 1.82) is 0 Å². The summed E-state index contributed by atoms with van der Waals surface area (Å²) in [6.07, 6.45) is 1.42. The van der Waals surface area contributed by atoms with Crippen molar-refractivity contribution in [2.24, 2.45) is 4.99 Å². The summed E-state index contributed by atoms with van der Waals surface area (Å²) < 4.78 is 2.15. The summed E-state index contributed by atoms with van der Waals surface area (Å²) >= 11 is 0. The number of carbonyl (C=O) groups excluding carboxylic acids is 1. The van der Waals surface area contributed by atoms with Crippen LogP contribution in [0, 0.1) is 0 Å². The minimum absolute atomic E-state index is 0.0415. The van der Waals surface area contributed by atoms with E-state index in [4.69, 9.17) is 9.98 Å². The van der Waals surface area contributed by atoms with Gasteiger partial charge in [-0.3, -0.25) is 14.6 Å². The highest BCUT2D eigenvalue weighted by Gasteiger charge is 2.43. The zero-order chi connectivity index (χ0) is 25.4. The van der Waals surface area contributed by atoms with Crippen molar-refractivity contribution < 1.29 is 9.90 Å². The Morgan fingerprint density at radius 1 is 0.892 bits per heavy atom. The number of hydrogen-bond acceptors (Lipinski definition) is 5. The maximum Gasteiger partial charge on any atom is 0.283 e. The number of anilines is 1. The average molecular weight is 492 g/mol. The predicted molar refractivity (Wildman–Crippen MR) is 144 cm³/mol. The fraction of sp³-hybridized carbons (Fsp3) is 0.233. The molecule has 7 nitrogen and oxygen atoms in total. The molecule has 0 radical (unpaired) electrons. The lowest BCUT2D eigenvalue weighted by Gasteiger charge is -2.33. The van der Waals surface area contributed by atoms with E-state index in [2.05, 4.69) is 33.7 Å². The second-order valence-corrected chi connectivity index (χ2v) is 9.55. The Labute approximate surface area is 216 Å². The van der Waals surface area contributed by atoms with Crippen LogP contribution in [-0.2, 0) is 19.4 Å². The Morgan fingerprint density at radius 3 is 2.24 bits per heavy atom. The van der Waals surface area contributed by atoms with Crippen molar-refractivity contribution in [2.45, 2.75) is 32.4 Å². The van der Waals surface area contributed by atoms with E-state index in [1.54, 1.807) is 17.0 Å². The van der Waals surface area contributed by atoms with Gasteiger partial charge in [0, 0.05) is 13.0 Å². The molecule has 1 N–H and O–H groups in total. The lowest BCUT2D eigenvalue weighted by Crippen LogP contribution is -2.50. The van der Waals surface area contributed by atoms with Gasteiger partial charge < -0.3 is 9.67 Å². The molecule has 2 aliphatic rings. The Kier molecular flexibility index (Phi) is 5.96. The number of fused-ring (bicyclic) bond motifs is 3. The molecule has 37 heavy (non-hydrogen) atoms. The largest absolute Gasteiger partial charge is 0.508 e. The molecule has 3 aromatic carbocycles. The van der Waals surface area contributed by atoms with Crippen molar-refractivity contribution >= 4 is 17.7 Å². The number of phenolic OH excluding ortho intramolecular Hbond substituents is 1. The van der Waals surface area contributed by atoms with E-state index in [9.17, 15) is 9.90 Å². The lowest BCUT2D eigenvalue weighted by molar-refractivity contribution is 0.0841. The number of nitrogens with zero attached hydrogens (tertiary/aromatic N) is 5. The molecule has 0 bridgehead atoms. The highest BCUT2D eigenvalue weighted by Crippen LogP contribution is 2.35. The van der Waals surface area contributed by atoms with Crippen LogP contribution in [0.3, 0.4) is 0 Å². The summed E-state index contributed by atoms with van der Waals surface area (Å²) in [6, 6.07) is 27.8. The Bertz CT molecular complexity index is 1440. The molecule has 1 atom stereocenters. The number of hydrogen-bond donors (Lipinski definition) is 1. The lowest BCUT2D eigenvalue weighted by atomic mass is 10.1. The summed E-state index contributed by atoms with van der Waals surface area (Å²) in [6.45, 7) is 3.74. The molecule has 0 fully saturated rings. The highest BCUT2D eigenvalue weighted by atomic mass is 16.3. The topological polar surface area (TPSA) is 74.0 Å². The first kappa shape index (κ1) is 23.0. The third-order valence-corrected chi connectivity index (χ3v) is 7.01. The molecule has 0 unspecified atom stereocenters. The summed E-state index contributed by atoms with van der Waals surface area (Å²) in [5, 5.41) is 9.80. The van der Waals surface area contributed by atoms with E-state index in [0.717, 1.165) is 29.2 Å². The van der Waals surface area contributed by atoms with E-state index in [1.165, 1.54) is 5.56 Å². The molecule has 0 saturated carbocycles. The number of aromatic nitrogens is 2. The van der Waals surface area contributed by atoms with Gasteiger partial charge >= 0.3 is 0 Å². The molecule has 0 spiro atoms. The molecule has 186 valence electrons. The van der Waals surface area contributed by atoms with Crippen LogP contribution < -0.4 is 4.90 Å².